The van der Waals surface area contributed by atoms with Crippen LogP contribution in [0.5, 0.6) is 0 Å². The number of nitriles is 1. The third-order valence-corrected chi connectivity index (χ3v) is 8.07. The molecule has 0 unspecified atom stereocenters. The number of rotatable bonds is 8. The zero-order valence-corrected chi connectivity index (χ0v) is 18.4. The second kappa shape index (κ2) is 10.5. The fraction of sp³-hybridized carbons (Fsp3) is 0.741. The average Bonchev–Trinajstić information content (AvgIpc) is 2.74. The van der Waals surface area contributed by atoms with Gasteiger partial charge < -0.3 is 0 Å². The van der Waals surface area contributed by atoms with Gasteiger partial charge in [-0.3, -0.25) is 0 Å². The molecule has 0 radical (unpaired) electrons. The van der Waals surface area contributed by atoms with Gasteiger partial charge in [-0.05, 0) is 98.7 Å². The number of hydrogen-bond acceptors (Lipinski definition) is 1. The topological polar surface area (TPSA) is 23.8 Å². The lowest BCUT2D eigenvalue weighted by atomic mass is 9.63. The summed E-state index contributed by atoms with van der Waals surface area (Å²) in [4.78, 5) is 0. The molecule has 2 aliphatic rings. The largest absolute Gasteiger partial charge is 0.192 e. The predicted molar refractivity (Wildman–Crippen MR) is 119 cm³/mol. The van der Waals surface area contributed by atoms with E-state index in [1.54, 1.807) is 0 Å². The maximum absolute atomic E-state index is 8.99. The number of unbranched alkanes of at least 4 members (excludes halogenated alkanes) is 4. The molecule has 0 bridgehead atoms. The summed E-state index contributed by atoms with van der Waals surface area (Å²) in [5.41, 5.74) is 2.88. The lowest BCUT2D eigenvalue weighted by Gasteiger charge is -2.42. The minimum Gasteiger partial charge on any atom is -0.192 e. The van der Waals surface area contributed by atoms with Crippen molar-refractivity contribution in [3.63, 3.8) is 0 Å². The van der Waals surface area contributed by atoms with E-state index in [-0.39, 0.29) is 0 Å². The van der Waals surface area contributed by atoms with Gasteiger partial charge in [0.15, 0.2) is 0 Å². The summed E-state index contributed by atoms with van der Waals surface area (Å²) in [5, 5.41) is 8.99. The molecule has 0 atom stereocenters. The van der Waals surface area contributed by atoms with Gasteiger partial charge in [-0.25, -0.2) is 0 Å². The van der Waals surface area contributed by atoms with Crippen molar-refractivity contribution in [2.75, 3.05) is 0 Å². The van der Waals surface area contributed by atoms with Gasteiger partial charge >= 0.3 is 0 Å². The molecule has 3 rings (SSSR count). The Kier molecular flexibility index (Phi) is 8.01. The second-order valence-electron chi connectivity index (χ2n) is 10.2. The summed E-state index contributed by atoms with van der Waals surface area (Å²) >= 11 is 0. The smallest absolute Gasteiger partial charge is 0.0991 e. The van der Waals surface area contributed by atoms with Gasteiger partial charge in [-0.15, -0.1) is 0 Å². The van der Waals surface area contributed by atoms with Gasteiger partial charge in [0.05, 0.1) is 11.6 Å². The van der Waals surface area contributed by atoms with Crippen molar-refractivity contribution in [2.24, 2.45) is 17.3 Å². The first-order chi connectivity index (χ1) is 13.6. The van der Waals surface area contributed by atoms with Gasteiger partial charge in [0, 0.05) is 0 Å². The summed E-state index contributed by atoms with van der Waals surface area (Å²) in [6.07, 6.45) is 20.0. The molecule has 2 aliphatic carbocycles. The molecule has 0 amide bonds. The van der Waals surface area contributed by atoms with Crippen LogP contribution in [0, 0.1) is 28.6 Å². The minimum atomic E-state index is 0.641. The maximum atomic E-state index is 8.99. The number of nitrogens with zero attached hydrogens (tertiary/aromatic N) is 1. The van der Waals surface area contributed by atoms with Crippen molar-refractivity contribution in [3.8, 4) is 6.07 Å². The number of benzene rings is 1. The van der Waals surface area contributed by atoms with E-state index >= 15 is 0 Å². The predicted octanol–water partition coefficient (Wildman–Crippen LogP) is 8.39. The molecule has 154 valence electrons. The Morgan fingerprint density at radius 3 is 2.07 bits per heavy atom. The molecule has 2 saturated carbocycles. The highest BCUT2D eigenvalue weighted by atomic mass is 14.4. The zero-order valence-electron chi connectivity index (χ0n) is 18.4. The molecule has 0 spiro atoms. The van der Waals surface area contributed by atoms with Gasteiger partial charge in [-0.1, -0.05) is 58.1 Å². The molecular formula is C27H41N. The first kappa shape index (κ1) is 21.4. The normalized spacial score (nSPS) is 30.7. The second-order valence-corrected chi connectivity index (χ2v) is 10.2. The minimum absolute atomic E-state index is 0.641. The van der Waals surface area contributed by atoms with E-state index < -0.39 is 0 Å². The van der Waals surface area contributed by atoms with Crippen molar-refractivity contribution in [1.82, 2.24) is 0 Å². The van der Waals surface area contributed by atoms with Crippen molar-refractivity contribution in [3.05, 3.63) is 35.4 Å². The van der Waals surface area contributed by atoms with Gasteiger partial charge in [-0.2, -0.15) is 5.26 Å². The van der Waals surface area contributed by atoms with E-state index in [1.165, 1.54) is 95.5 Å². The molecule has 0 aromatic heterocycles. The zero-order chi connectivity index (χ0) is 19.8. The van der Waals surface area contributed by atoms with Crippen LogP contribution in [0.2, 0.25) is 0 Å². The Balaban J connectivity index is 1.39. The summed E-state index contributed by atoms with van der Waals surface area (Å²) in [6, 6.07) is 10.6. The van der Waals surface area contributed by atoms with Crippen molar-refractivity contribution in [2.45, 2.75) is 110 Å². The third kappa shape index (κ3) is 5.85. The van der Waals surface area contributed by atoms with E-state index in [1.807, 2.05) is 12.1 Å². The first-order valence-corrected chi connectivity index (χ1v) is 12.1. The molecule has 0 aliphatic heterocycles. The van der Waals surface area contributed by atoms with Crippen LogP contribution in [-0.2, 0) is 0 Å². The highest BCUT2D eigenvalue weighted by molar-refractivity contribution is 5.33. The summed E-state index contributed by atoms with van der Waals surface area (Å²) in [5.74, 6) is 2.69. The molecule has 0 N–H and O–H groups in total. The standard InChI is InChI=1S/C27H41N/c1-3-4-5-6-7-18-27(2)19-16-26(17-20-27)25-14-12-24(13-15-25)23-10-8-22(21-28)9-11-23/h8-11,24-26H,3-7,12-20H2,1-2H3/t24?,25?,26-,27-. The van der Waals surface area contributed by atoms with Crippen LogP contribution in [0.25, 0.3) is 0 Å². The average molecular weight is 380 g/mol. The summed E-state index contributed by atoms with van der Waals surface area (Å²) in [6.45, 7) is 4.88. The van der Waals surface area contributed by atoms with Crippen LogP contribution in [0.4, 0.5) is 0 Å². The first-order valence-electron chi connectivity index (χ1n) is 12.1. The van der Waals surface area contributed by atoms with E-state index in [2.05, 4.69) is 32.0 Å². The summed E-state index contributed by atoms with van der Waals surface area (Å²) < 4.78 is 0. The van der Waals surface area contributed by atoms with Crippen LogP contribution in [-0.4, -0.2) is 0 Å². The van der Waals surface area contributed by atoms with Crippen LogP contribution in [0.15, 0.2) is 24.3 Å². The fourth-order valence-corrected chi connectivity index (χ4v) is 5.97. The monoisotopic (exact) mass is 379 g/mol. The Bertz CT molecular complexity index is 607. The molecule has 1 nitrogen and oxygen atoms in total. The Morgan fingerprint density at radius 2 is 1.46 bits per heavy atom. The molecular weight excluding hydrogens is 338 g/mol. The molecule has 1 aromatic carbocycles. The van der Waals surface area contributed by atoms with E-state index in [0.717, 1.165) is 23.3 Å². The van der Waals surface area contributed by atoms with Crippen LogP contribution in [0.1, 0.15) is 121 Å². The Morgan fingerprint density at radius 1 is 0.857 bits per heavy atom. The van der Waals surface area contributed by atoms with Gasteiger partial charge in [0.2, 0.25) is 0 Å². The molecule has 1 heteroatoms. The lowest BCUT2D eigenvalue weighted by Crippen LogP contribution is -2.30. The number of hydrogen-bond donors (Lipinski definition) is 0. The summed E-state index contributed by atoms with van der Waals surface area (Å²) in [7, 11) is 0. The van der Waals surface area contributed by atoms with E-state index in [0.29, 0.717) is 5.41 Å². The van der Waals surface area contributed by atoms with Gasteiger partial charge in [0.1, 0.15) is 0 Å². The van der Waals surface area contributed by atoms with Gasteiger partial charge in [0.25, 0.3) is 0 Å². The van der Waals surface area contributed by atoms with Crippen molar-refractivity contribution >= 4 is 0 Å². The van der Waals surface area contributed by atoms with Crippen LogP contribution in [0.3, 0.4) is 0 Å². The quantitative estimate of drug-likeness (QED) is 0.416. The molecule has 2 fully saturated rings. The molecule has 0 saturated heterocycles. The van der Waals surface area contributed by atoms with E-state index in [9.17, 15) is 0 Å². The highest BCUT2D eigenvalue weighted by Crippen LogP contribution is 2.48. The third-order valence-electron chi connectivity index (χ3n) is 8.07. The fourth-order valence-electron chi connectivity index (χ4n) is 5.97. The molecule has 0 heterocycles. The van der Waals surface area contributed by atoms with Crippen molar-refractivity contribution in [1.29, 1.82) is 5.26 Å². The molecule has 1 aromatic rings. The van der Waals surface area contributed by atoms with Crippen molar-refractivity contribution < 1.29 is 0 Å². The highest BCUT2D eigenvalue weighted by Gasteiger charge is 2.35. The van der Waals surface area contributed by atoms with Crippen LogP contribution >= 0.6 is 0 Å². The SMILES string of the molecule is CCCCCCC[C@]1(C)CC[C@@H](C2CCC(c3ccc(C#N)cc3)CC2)CC1. The maximum Gasteiger partial charge on any atom is 0.0991 e. The van der Waals surface area contributed by atoms with E-state index in [4.69, 9.17) is 5.26 Å². The van der Waals surface area contributed by atoms with Crippen LogP contribution < -0.4 is 0 Å². The Hall–Kier alpha value is -1.29. The lowest BCUT2D eigenvalue weighted by molar-refractivity contribution is 0.102. The Labute approximate surface area is 173 Å². The molecule has 28 heavy (non-hydrogen) atoms.